The first kappa shape index (κ1) is 10.6. The van der Waals surface area contributed by atoms with Crippen LogP contribution in [-0.4, -0.2) is 5.78 Å². The van der Waals surface area contributed by atoms with Crippen LogP contribution in [0.3, 0.4) is 0 Å². The standard InChI is InChI=1S/C15H16O2/c1-15(2)7-12(16)14-11-6-4-3-5-10(11)9-17-13(14)8-15/h3-6H,7-9H2,1-2H3. The Hall–Kier alpha value is -1.57. The summed E-state index contributed by atoms with van der Waals surface area (Å²) in [5, 5.41) is 0. The van der Waals surface area contributed by atoms with Crippen molar-refractivity contribution in [1.82, 2.24) is 0 Å². The van der Waals surface area contributed by atoms with E-state index >= 15 is 0 Å². The van der Waals surface area contributed by atoms with E-state index in [9.17, 15) is 4.79 Å². The van der Waals surface area contributed by atoms with E-state index < -0.39 is 0 Å². The topological polar surface area (TPSA) is 26.3 Å². The van der Waals surface area contributed by atoms with Crippen molar-refractivity contribution in [3.05, 3.63) is 41.2 Å². The highest BCUT2D eigenvalue weighted by atomic mass is 16.5. The van der Waals surface area contributed by atoms with Gasteiger partial charge in [-0.05, 0) is 16.5 Å². The lowest BCUT2D eigenvalue weighted by Gasteiger charge is -2.34. The summed E-state index contributed by atoms with van der Waals surface area (Å²) < 4.78 is 5.77. The fourth-order valence-electron chi connectivity index (χ4n) is 2.74. The molecular formula is C15H16O2. The average molecular weight is 228 g/mol. The summed E-state index contributed by atoms with van der Waals surface area (Å²) in [5.74, 6) is 1.12. The van der Waals surface area contributed by atoms with Gasteiger partial charge in [0.2, 0.25) is 0 Å². The number of ketones is 1. The van der Waals surface area contributed by atoms with E-state index in [4.69, 9.17) is 4.74 Å². The molecule has 3 rings (SSSR count). The fourth-order valence-corrected chi connectivity index (χ4v) is 2.74. The van der Waals surface area contributed by atoms with Crippen molar-refractivity contribution >= 4 is 11.4 Å². The van der Waals surface area contributed by atoms with Crippen molar-refractivity contribution < 1.29 is 9.53 Å². The van der Waals surface area contributed by atoms with Gasteiger partial charge in [0.25, 0.3) is 0 Å². The van der Waals surface area contributed by atoms with Crippen LogP contribution in [0.4, 0.5) is 0 Å². The molecule has 0 amide bonds. The maximum atomic E-state index is 12.3. The lowest BCUT2D eigenvalue weighted by Crippen LogP contribution is -2.28. The van der Waals surface area contributed by atoms with Crippen LogP contribution in [-0.2, 0) is 16.1 Å². The van der Waals surface area contributed by atoms with E-state index in [1.165, 1.54) is 0 Å². The Morgan fingerprint density at radius 2 is 1.94 bits per heavy atom. The van der Waals surface area contributed by atoms with Gasteiger partial charge >= 0.3 is 0 Å². The third-order valence-electron chi connectivity index (χ3n) is 3.52. The zero-order valence-electron chi connectivity index (χ0n) is 10.2. The van der Waals surface area contributed by atoms with E-state index in [0.29, 0.717) is 13.0 Å². The van der Waals surface area contributed by atoms with Crippen molar-refractivity contribution in [2.75, 3.05) is 0 Å². The molecular weight excluding hydrogens is 212 g/mol. The Morgan fingerprint density at radius 3 is 2.76 bits per heavy atom. The number of fused-ring (bicyclic) bond motifs is 2. The van der Waals surface area contributed by atoms with Crippen LogP contribution in [0.15, 0.2) is 30.0 Å². The van der Waals surface area contributed by atoms with Crippen LogP contribution in [0.1, 0.15) is 37.8 Å². The van der Waals surface area contributed by atoms with Gasteiger partial charge < -0.3 is 4.74 Å². The maximum Gasteiger partial charge on any atom is 0.167 e. The summed E-state index contributed by atoms with van der Waals surface area (Å²) >= 11 is 0. The van der Waals surface area contributed by atoms with Gasteiger partial charge in [-0.2, -0.15) is 0 Å². The number of hydrogen-bond donors (Lipinski definition) is 0. The molecule has 0 aromatic heterocycles. The number of carbonyl (C=O) groups is 1. The minimum Gasteiger partial charge on any atom is -0.492 e. The van der Waals surface area contributed by atoms with Crippen molar-refractivity contribution in [2.24, 2.45) is 5.41 Å². The van der Waals surface area contributed by atoms with Crippen LogP contribution in [0.2, 0.25) is 0 Å². The molecule has 0 unspecified atom stereocenters. The van der Waals surface area contributed by atoms with Gasteiger partial charge in [-0.1, -0.05) is 38.1 Å². The molecule has 0 bridgehead atoms. The minimum atomic E-state index is 0.0300. The van der Waals surface area contributed by atoms with Crippen molar-refractivity contribution in [3.63, 3.8) is 0 Å². The van der Waals surface area contributed by atoms with Crippen LogP contribution < -0.4 is 0 Å². The van der Waals surface area contributed by atoms with Gasteiger partial charge in [-0.3, -0.25) is 4.79 Å². The van der Waals surface area contributed by atoms with E-state index in [1.807, 2.05) is 24.3 Å². The Kier molecular flexibility index (Phi) is 2.15. The van der Waals surface area contributed by atoms with Crippen LogP contribution >= 0.6 is 0 Å². The van der Waals surface area contributed by atoms with E-state index in [1.54, 1.807) is 0 Å². The number of allylic oxidation sites excluding steroid dienone is 2. The third-order valence-corrected chi connectivity index (χ3v) is 3.52. The molecule has 0 radical (unpaired) electrons. The van der Waals surface area contributed by atoms with Crippen LogP contribution in [0.5, 0.6) is 0 Å². The number of rotatable bonds is 0. The second kappa shape index (κ2) is 3.46. The largest absolute Gasteiger partial charge is 0.492 e. The molecule has 0 fully saturated rings. The summed E-state index contributed by atoms with van der Waals surface area (Å²) in [6, 6.07) is 8.04. The summed E-state index contributed by atoms with van der Waals surface area (Å²) in [5.41, 5.74) is 3.06. The summed E-state index contributed by atoms with van der Waals surface area (Å²) in [6.07, 6.45) is 1.48. The molecule has 1 aromatic rings. The molecule has 0 saturated heterocycles. The molecule has 0 spiro atoms. The third kappa shape index (κ3) is 1.68. The smallest absolute Gasteiger partial charge is 0.167 e. The summed E-state index contributed by atoms with van der Waals surface area (Å²) in [6.45, 7) is 4.84. The SMILES string of the molecule is CC1(C)CC(=O)C2=C(C1)OCc1ccccc12. The Morgan fingerprint density at radius 1 is 1.18 bits per heavy atom. The molecule has 2 heteroatoms. The normalized spacial score (nSPS) is 21.6. The lowest BCUT2D eigenvalue weighted by molar-refractivity contribution is -0.116. The maximum absolute atomic E-state index is 12.3. The first-order chi connectivity index (χ1) is 8.07. The molecule has 2 aliphatic rings. The molecule has 1 aliphatic carbocycles. The molecule has 1 heterocycles. The van der Waals surface area contributed by atoms with Gasteiger partial charge in [0.15, 0.2) is 5.78 Å². The Bertz CT molecular complexity index is 523. The molecule has 1 aliphatic heterocycles. The average Bonchev–Trinajstić information content (AvgIpc) is 2.26. The van der Waals surface area contributed by atoms with Gasteiger partial charge in [0.05, 0.1) is 5.57 Å². The zero-order valence-corrected chi connectivity index (χ0v) is 10.2. The van der Waals surface area contributed by atoms with Gasteiger partial charge in [-0.15, -0.1) is 0 Å². The van der Waals surface area contributed by atoms with E-state index in [2.05, 4.69) is 13.8 Å². The first-order valence-corrected chi connectivity index (χ1v) is 6.04. The monoisotopic (exact) mass is 228 g/mol. The minimum absolute atomic E-state index is 0.0300. The molecule has 0 atom stereocenters. The van der Waals surface area contributed by atoms with Crippen molar-refractivity contribution in [1.29, 1.82) is 0 Å². The second-order valence-electron chi connectivity index (χ2n) is 5.68. The van der Waals surface area contributed by atoms with Crippen molar-refractivity contribution in [2.45, 2.75) is 33.3 Å². The Balaban J connectivity index is 2.15. The lowest BCUT2D eigenvalue weighted by atomic mass is 9.74. The van der Waals surface area contributed by atoms with Crippen molar-refractivity contribution in [3.8, 4) is 0 Å². The van der Waals surface area contributed by atoms with E-state index in [-0.39, 0.29) is 11.2 Å². The zero-order chi connectivity index (χ0) is 12.0. The molecule has 88 valence electrons. The number of Topliss-reactive ketones (excluding diaryl/α,β-unsaturated/α-hetero) is 1. The number of carbonyl (C=O) groups excluding carboxylic acids is 1. The summed E-state index contributed by atoms with van der Waals surface area (Å²) in [7, 11) is 0. The molecule has 2 nitrogen and oxygen atoms in total. The van der Waals surface area contributed by atoms with E-state index in [0.717, 1.165) is 28.9 Å². The predicted molar refractivity (Wildman–Crippen MR) is 66.2 cm³/mol. The summed E-state index contributed by atoms with van der Waals surface area (Å²) in [4.78, 5) is 12.3. The quantitative estimate of drug-likeness (QED) is 0.681. The highest BCUT2D eigenvalue weighted by Crippen LogP contribution is 2.43. The number of benzene rings is 1. The highest BCUT2D eigenvalue weighted by Gasteiger charge is 2.36. The number of hydrogen-bond acceptors (Lipinski definition) is 2. The van der Waals surface area contributed by atoms with Crippen LogP contribution in [0.25, 0.3) is 5.57 Å². The van der Waals surface area contributed by atoms with Gasteiger partial charge in [-0.25, -0.2) is 0 Å². The molecule has 17 heavy (non-hydrogen) atoms. The van der Waals surface area contributed by atoms with Gasteiger partial charge in [0, 0.05) is 12.8 Å². The molecule has 1 aromatic carbocycles. The second-order valence-corrected chi connectivity index (χ2v) is 5.68. The molecule has 0 saturated carbocycles. The molecule has 0 N–H and O–H groups in total. The first-order valence-electron chi connectivity index (χ1n) is 6.04. The Labute approximate surface area is 101 Å². The fraction of sp³-hybridized carbons (Fsp3) is 0.400. The van der Waals surface area contributed by atoms with Crippen LogP contribution in [0, 0.1) is 5.41 Å². The number of ether oxygens (including phenoxy) is 1. The van der Waals surface area contributed by atoms with Gasteiger partial charge in [0.1, 0.15) is 12.4 Å². The predicted octanol–water partition coefficient (Wildman–Crippen LogP) is 3.32. The highest BCUT2D eigenvalue weighted by molar-refractivity contribution is 6.22.